The Balaban J connectivity index is 1.48. The van der Waals surface area contributed by atoms with E-state index in [9.17, 15) is 4.79 Å². The van der Waals surface area contributed by atoms with Gasteiger partial charge in [-0.3, -0.25) is 9.69 Å². The predicted octanol–water partition coefficient (Wildman–Crippen LogP) is 5.93. The lowest BCUT2D eigenvalue weighted by Gasteiger charge is -2.11. The second kappa shape index (κ2) is 8.17. The average molecular weight is 445 g/mol. The van der Waals surface area contributed by atoms with Crippen molar-refractivity contribution in [2.45, 2.75) is 6.92 Å². The summed E-state index contributed by atoms with van der Waals surface area (Å²) in [6.07, 6.45) is 4.03. The number of fused-ring (bicyclic) bond motifs is 1. The van der Waals surface area contributed by atoms with Crippen LogP contribution in [0.3, 0.4) is 0 Å². The van der Waals surface area contributed by atoms with Gasteiger partial charge in [0.05, 0.1) is 10.6 Å². The van der Waals surface area contributed by atoms with E-state index in [2.05, 4.69) is 27.9 Å². The summed E-state index contributed by atoms with van der Waals surface area (Å²) in [5.74, 6) is -0.0148. The number of rotatable bonds is 4. The first kappa shape index (κ1) is 19.8. The van der Waals surface area contributed by atoms with Gasteiger partial charge in [0.1, 0.15) is 0 Å². The van der Waals surface area contributed by atoms with Gasteiger partial charge >= 0.3 is 0 Å². The number of nitrogens with zero attached hydrogens (tertiary/aromatic N) is 4. The monoisotopic (exact) mass is 444 g/mol. The number of hydrogen-bond donors (Lipinski definition) is 0. The molecule has 0 saturated carbocycles. The molecule has 2 aromatic carbocycles. The van der Waals surface area contributed by atoms with E-state index < -0.39 is 0 Å². The first-order valence-corrected chi connectivity index (χ1v) is 11.7. The van der Waals surface area contributed by atoms with Crippen molar-refractivity contribution in [3.05, 3.63) is 76.6 Å². The van der Waals surface area contributed by atoms with Crippen LogP contribution < -0.4 is 0 Å². The first-order chi connectivity index (χ1) is 15.1. The van der Waals surface area contributed by atoms with E-state index in [1.165, 1.54) is 23.1 Å². The highest BCUT2D eigenvalue weighted by Gasteiger charge is 2.32. The molecule has 0 bridgehead atoms. The number of amidine groups is 1. The molecule has 1 aliphatic rings. The third kappa shape index (κ3) is 3.71. The van der Waals surface area contributed by atoms with Crippen LogP contribution in [0.5, 0.6) is 0 Å². The maximum Gasteiger partial charge on any atom is 0.266 e. The van der Waals surface area contributed by atoms with Crippen LogP contribution in [0.15, 0.2) is 76.1 Å². The minimum absolute atomic E-state index is 0.0148. The van der Waals surface area contributed by atoms with Gasteiger partial charge in [-0.2, -0.15) is 4.99 Å². The molecule has 154 valence electrons. The Labute approximate surface area is 188 Å². The molecule has 1 fully saturated rings. The zero-order valence-electron chi connectivity index (χ0n) is 17.1. The van der Waals surface area contributed by atoms with Crippen LogP contribution in [-0.2, 0) is 11.8 Å². The molecule has 0 N–H and O–H groups in total. The van der Waals surface area contributed by atoms with Crippen molar-refractivity contribution < 1.29 is 4.79 Å². The molecular weight excluding hydrogens is 424 g/mol. The fourth-order valence-electron chi connectivity index (χ4n) is 3.64. The number of aromatic nitrogens is 2. The average Bonchev–Trinajstić information content (AvgIpc) is 3.47. The summed E-state index contributed by atoms with van der Waals surface area (Å²) in [6.45, 7) is 2.53. The Morgan fingerprint density at radius 2 is 1.87 bits per heavy atom. The van der Waals surface area contributed by atoms with Crippen LogP contribution in [0.2, 0.25) is 0 Å². The zero-order chi connectivity index (χ0) is 21.4. The molecule has 0 aliphatic carbocycles. The standard InChI is InChI=1S/C24H20N4OS2/c1-3-28-22(29)21(13-17-14-27(2)20-12-8-7-11-18(17)20)31-24(28)26-23-25-19(15-30-23)16-9-5-4-6-10-16/h4-15H,3H2,1-2H3/b21-13-,26-24+. The predicted molar refractivity (Wildman–Crippen MR) is 131 cm³/mol. The van der Waals surface area contributed by atoms with E-state index in [1.54, 1.807) is 4.90 Å². The molecule has 0 spiro atoms. The van der Waals surface area contributed by atoms with Crippen LogP contribution >= 0.6 is 23.1 Å². The quantitative estimate of drug-likeness (QED) is 0.367. The number of aryl methyl sites for hydroxylation is 1. The van der Waals surface area contributed by atoms with Crippen LogP contribution in [0.25, 0.3) is 28.2 Å². The number of likely N-dealkylation sites (N-methyl/N-ethyl adjacent to an activating group) is 1. The van der Waals surface area contributed by atoms with E-state index >= 15 is 0 Å². The molecule has 0 atom stereocenters. The van der Waals surface area contributed by atoms with Gasteiger partial charge in [0.2, 0.25) is 5.13 Å². The van der Waals surface area contributed by atoms with E-state index in [-0.39, 0.29) is 5.91 Å². The molecule has 0 radical (unpaired) electrons. The number of aliphatic imine (C=N–C) groups is 1. The number of hydrogen-bond acceptors (Lipinski definition) is 5. The van der Waals surface area contributed by atoms with E-state index in [1.807, 2.05) is 67.9 Å². The summed E-state index contributed by atoms with van der Waals surface area (Å²) in [7, 11) is 2.02. The van der Waals surface area contributed by atoms with Crippen molar-refractivity contribution in [1.29, 1.82) is 0 Å². The lowest BCUT2D eigenvalue weighted by molar-refractivity contribution is -0.122. The van der Waals surface area contributed by atoms with Gasteiger partial charge in [-0.25, -0.2) is 4.98 Å². The summed E-state index contributed by atoms with van der Waals surface area (Å²) in [5, 5.41) is 4.46. The van der Waals surface area contributed by atoms with E-state index in [0.717, 1.165) is 27.7 Å². The van der Waals surface area contributed by atoms with Crippen molar-refractivity contribution in [3.8, 4) is 11.3 Å². The molecule has 2 aromatic heterocycles. The van der Waals surface area contributed by atoms with Gasteiger partial charge < -0.3 is 4.57 Å². The Morgan fingerprint density at radius 3 is 2.68 bits per heavy atom. The number of thioether (sulfide) groups is 1. The minimum Gasteiger partial charge on any atom is -0.350 e. The van der Waals surface area contributed by atoms with E-state index in [4.69, 9.17) is 4.99 Å². The SMILES string of the molecule is CCN1C(=O)/C(=C/c2cn(C)c3ccccc23)S/C1=N/c1nc(-c2ccccc2)cs1. The van der Waals surface area contributed by atoms with Gasteiger partial charge in [0.25, 0.3) is 5.91 Å². The molecular formula is C24H20N4OS2. The number of carbonyl (C=O) groups is 1. The Kier molecular flexibility index (Phi) is 5.21. The topological polar surface area (TPSA) is 50.5 Å². The molecule has 31 heavy (non-hydrogen) atoms. The molecule has 7 heteroatoms. The van der Waals surface area contributed by atoms with Gasteiger partial charge in [0, 0.05) is 47.2 Å². The van der Waals surface area contributed by atoms with Gasteiger partial charge in [-0.1, -0.05) is 48.5 Å². The number of amides is 1. The van der Waals surface area contributed by atoms with Crippen molar-refractivity contribution in [1.82, 2.24) is 14.5 Å². The third-order valence-corrected chi connectivity index (χ3v) is 6.91. The molecule has 1 saturated heterocycles. The van der Waals surface area contributed by atoms with Gasteiger partial charge in [-0.15, -0.1) is 11.3 Å². The van der Waals surface area contributed by atoms with Crippen molar-refractivity contribution in [3.63, 3.8) is 0 Å². The molecule has 1 amide bonds. The van der Waals surface area contributed by atoms with Crippen LogP contribution in [-0.4, -0.2) is 32.1 Å². The first-order valence-electron chi connectivity index (χ1n) is 9.99. The second-order valence-electron chi connectivity index (χ2n) is 7.15. The highest BCUT2D eigenvalue weighted by Crippen LogP contribution is 2.36. The smallest absolute Gasteiger partial charge is 0.266 e. The number of carbonyl (C=O) groups excluding carboxylic acids is 1. The molecule has 3 heterocycles. The lowest BCUT2D eigenvalue weighted by Crippen LogP contribution is -2.28. The van der Waals surface area contributed by atoms with Crippen molar-refractivity contribution >= 4 is 56.3 Å². The fraction of sp³-hybridized carbons (Fsp3) is 0.125. The minimum atomic E-state index is -0.0148. The fourth-order valence-corrected chi connectivity index (χ4v) is 5.43. The van der Waals surface area contributed by atoms with Gasteiger partial charge in [-0.05, 0) is 30.8 Å². The normalized spacial score (nSPS) is 16.8. The van der Waals surface area contributed by atoms with Crippen LogP contribution in [0.1, 0.15) is 12.5 Å². The Bertz CT molecular complexity index is 1330. The van der Waals surface area contributed by atoms with Crippen LogP contribution in [0, 0.1) is 0 Å². The van der Waals surface area contributed by atoms with E-state index in [0.29, 0.717) is 21.7 Å². The highest BCUT2D eigenvalue weighted by molar-refractivity contribution is 8.18. The molecule has 1 aliphatic heterocycles. The lowest BCUT2D eigenvalue weighted by atomic mass is 10.1. The summed E-state index contributed by atoms with van der Waals surface area (Å²) >= 11 is 2.89. The number of thiazole rings is 1. The second-order valence-corrected chi connectivity index (χ2v) is 8.99. The molecule has 5 nitrogen and oxygen atoms in total. The van der Waals surface area contributed by atoms with Gasteiger partial charge in [0.15, 0.2) is 5.17 Å². The van der Waals surface area contributed by atoms with Crippen molar-refractivity contribution in [2.24, 2.45) is 12.0 Å². The summed E-state index contributed by atoms with van der Waals surface area (Å²) in [6, 6.07) is 18.2. The molecule has 4 aromatic rings. The summed E-state index contributed by atoms with van der Waals surface area (Å²) in [5.41, 5.74) is 4.13. The third-order valence-electron chi connectivity index (χ3n) is 5.17. The maximum atomic E-state index is 13.0. The molecule has 5 rings (SSSR count). The zero-order valence-corrected chi connectivity index (χ0v) is 18.8. The summed E-state index contributed by atoms with van der Waals surface area (Å²) in [4.78, 5) is 24.8. The summed E-state index contributed by atoms with van der Waals surface area (Å²) < 4.78 is 2.08. The number of para-hydroxylation sites is 1. The number of benzene rings is 2. The Morgan fingerprint density at radius 1 is 1.10 bits per heavy atom. The molecule has 0 unspecified atom stereocenters. The van der Waals surface area contributed by atoms with Crippen molar-refractivity contribution in [2.75, 3.05) is 6.54 Å². The highest BCUT2D eigenvalue weighted by atomic mass is 32.2. The maximum absolute atomic E-state index is 13.0. The van der Waals surface area contributed by atoms with Crippen LogP contribution in [0.4, 0.5) is 5.13 Å². The largest absolute Gasteiger partial charge is 0.350 e. The Hall–Kier alpha value is -3.16.